The van der Waals surface area contributed by atoms with Crippen molar-refractivity contribution in [2.24, 2.45) is 0 Å². The quantitative estimate of drug-likeness (QED) is 0.521. The van der Waals surface area contributed by atoms with Crippen LogP contribution in [0.15, 0.2) is 66.7 Å². The number of fused-ring (bicyclic) bond motifs is 1. The fraction of sp³-hybridized carbons (Fsp3) is 0.273. The molecule has 0 heterocycles. The first kappa shape index (κ1) is 14.8. The normalized spacial score (nSPS) is 15.3. The van der Waals surface area contributed by atoms with Crippen LogP contribution >= 0.6 is 0 Å². The van der Waals surface area contributed by atoms with E-state index in [0.29, 0.717) is 30.5 Å². The van der Waals surface area contributed by atoms with Gasteiger partial charge in [-0.1, -0.05) is 60.7 Å². The second kappa shape index (κ2) is 7.92. The largest absolute Gasteiger partial charge is 0.416 e. The molecule has 0 amide bonds. The molecule has 4 heteroatoms. The Morgan fingerprint density at radius 1 is 1.00 bits per heavy atom. The SMILES string of the molecule is [2H]C([2H])([2H])[C@H](NCCCc1cccc(C(F)(F)F)c1)c1cccc2ccccc12. The summed E-state index contributed by atoms with van der Waals surface area (Å²) in [6, 6.07) is 17.6. The Kier molecular flexibility index (Phi) is 4.51. The Labute approximate surface area is 156 Å². The molecule has 1 nitrogen and oxygen atoms in total. The molecule has 3 aromatic carbocycles. The van der Waals surface area contributed by atoms with Crippen molar-refractivity contribution in [3.63, 3.8) is 0 Å². The summed E-state index contributed by atoms with van der Waals surface area (Å²) in [5.74, 6) is 0. The number of aryl methyl sites for hydroxylation is 1. The zero-order valence-electron chi connectivity index (χ0n) is 17.2. The van der Waals surface area contributed by atoms with Crippen LogP contribution in [0.4, 0.5) is 13.2 Å². The highest BCUT2D eigenvalue weighted by molar-refractivity contribution is 5.86. The summed E-state index contributed by atoms with van der Waals surface area (Å²) in [5.41, 5.74) is 0.610. The maximum atomic E-state index is 12.8. The van der Waals surface area contributed by atoms with Gasteiger partial charge in [0.15, 0.2) is 0 Å². The van der Waals surface area contributed by atoms with Crippen molar-refractivity contribution in [3.05, 3.63) is 83.4 Å². The van der Waals surface area contributed by atoms with E-state index in [4.69, 9.17) is 4.11 Å². The topological polar surface area (TPSA) is 12.0 Å². The van der Waals surface area contributed by atoms with Crippen LogP contribution in [-0.4, -0.2) is 6.54 Å². The molecule has 0 saturated carbocycles. The molecule has 0 aliphatic heterocycles. The van der Waals surface area contributed by atoms with Crippen LogP contribution < -0.4 is 5.32 Å². The van der Waals surface area contributed by atoms with Gasteiger partial charge in [0.25, 0.3) is 0 Å². The molecule has 1 atom stereocenters. The van der Waals surface area contributed by atoms with E-state index in [0.717, 1.165) is 22.9 Å². The van der Waals surface area contributed by atoms with Crippen LogP contribution in [0.2, 0.25) is 0 Å². The summed E-state index contributed by atoms with van der Waals surface area (Å²) < 4.78 is 62.3. The highest BCUT2D eigenvalue weighted by Crippen LogP contribution is 2.29. The average molecular weight is 360 g/mol. The third-order valence-electron chi connectivity index (χ3n) is 4.38. The summed E-state index contributed by atoms with van der Waals surface area (Å²) >= 11 is 0. The Bertz CT molecular complexity index is 962. The average Bonchev–Trinajstić information content (AvgIpc) is 2.66. The zero-order valence-corrected chi connectivity index (χ0v) is 14.2. The smallest absolute Gasteiger partial charge is 0.310 e. The molecule has 26 heavy (non-hydrogen) atoms. The van der Waals surface area contributed by atoms with Gasteiger partial charge >= 0.3 is 6.18 Å². The number of rotatable bonds is 6. The van der Waals surface area contributed by atoms with Crippen molar-refractivity contribution < 1.29 is 17.3 Å². The third kappa shape index (κ3) is 4.44. The molecule has 0 bridgehead atoms. The minimum Gasteiger partial charge on any atom is -0.310 e. The molecule has 0 radical (unpaired) electrons. The zero-order chi connectivity index (χ0) is 21.1. The van der Waals surface area contributed by atoms with Crippen LogP contribution in [0.1, 0.15) is 40.1 Å². The molecule has 0 aliphatic carbocycles. The first-order valence-corrected chi connectivity index (χ1v) is 8.53. The molecule has 0 aliphatic rings. The van der Waals surface area contributed by atoms with Crippen molar-refractivity contribution in [2.75, 3.05) is 6.54 Å². The number of alkyl halides is 3. The van der Waals surface area contributed by atoms with E-state index >= 15 is 0 Å². The molecular formula is C22H22F3N. The van der Waals surface area contributed by atoms with Crippen LogP contribution in [0.25, 0.3) is 10.8 Å². The number of benzene rings is 3. The van der Waals surface area contributed by atoms with Gasteiger partial charge < -0.3 is 5.32 Å². The van der Waals surface area contributed by atoms with Crippen molar-refractivity contribution in [1.82, 2.24) is 5.32 Å². The van der Waals surface area contributed by atoms with Gasteiger partial charge in [0.1, 0.15) is 0 Å². The van der Waals surface area contributed by atoms with E-state index in [1.165, 1.54) is 6.07 Å². The lowest BCUT2D eigenvalue weighted by Crippen LogP contribution is -2.20. The molecule has 0 fully saturated rings. The molecule has 3 rings (SSSR count). The second-order valence-corrected chi connectivity index (χ2v) is 6.26. The standard InChI is InChI=1S/C22H22F3N/c1-16(20-13-5-10-18-9-2-3-12-21(18)20)26-14-6-8-17-7-4-11-19(15-17)22(23,24)25/h2-5,7,9-13,15-16,26H,6,8,14H2,1H3/t16-/m0/s1/i1D3. The van der Waals surface area contributed by atoms with Crippen molar-refractivity contribution in [1.29, 1.82) is 0 Å². The van der Waals surface area contributed by atoms with E-state index in [1.54, 1.807) is 12.1 Å². The van der Waals surface area contributed by atoms with Gasteiger partial charge in [0.05, 0.1) is 5.56 Å². The minimum atomic E-state index is -4.37. The molecule has 0 saturated heterocycles. The summed E-state index contributed by atoms with van der Waals surface area (Å²) in [6.45, 7) is -1.87. The maximum absolute atomic E-state index is 12.8. The minimum absolute atomic E-state index is 0.378. The highest BCUT2D eigenvalue weighted by atomic mass is 19.4. The predicted octanol–water partition coefficient (Wildman–Crippen LogP) is 6.14. The number of nitrogens with one attached hydrogen (secondary N) is 1. The molecule has 0 unspecified atom stereocenters. The number of hydrogen-bond donors (Lipinski definition) is 1. The van der Waals surface area contributed by atoms with Crippen LogP contribution in [0.3, 0.4) is 0 Å². The van der Waals surface area contributed by atoms with Crippen LogP contribution in [0.5, 0.6) is 0 Å². The lowest BCUT2D eigenvalue weighted by atomic mass is 9.99. The third-order valence-corrected chi connectivity index (χ3v) is 4.38. The summed E-state index contributed by atoms with van der Waals surface area (Å²) in [5, 5.41) is 4.94. The van der Waals surface area contributed by atoms with Crippen molar-refractivity contribution in [2.45, 2.75) is 31.9 Å². The first-order chi connectivity index (χ1) is 13.7. The summed E-state index contributed by atoms with van der Waals surface area (Å²) in [7, 11) is 0. The molecular weight excluding hydrogens is 335 g/mol. The second-order valence-electron chi connectivity index (χ2n) is 6.26. The van der Waals surface area contributed by atoms with Gasteiger partial charge in [-0.05, 0) is 54.2 Å². The Morgan fingerprint density at radius 2 is 1.77 bits per heavy atom. The fourth-order valence-corrected chi connectivity index (χ4v) is 3.05. The van der Waals surface area contributed by atoms with Gasteiger partial charge in [0.2, 0.25) is 0 Å². The van der Waals surface area contributed by atoms with E-state index in [2.05, 4.69) is 5.32 Å². The predicted molar refractivity (Wildman–Crippen MR) is 100 cm³/mol. The first-order valence-electron chi connectivity index (χ1n) is 10.0. The lowest BCUT2D eigenvalue weighted by molar-refractivity contribution is -0.137. The lowest BCUT2D eigenvalue weighted by Gasteiger charge is -2.17. The van der Waals surface area contributed by atoms with E-state index in [9.17, 15) is 13.2 Å². The van der Waals surface area contributed by atoms with Crippen LogP contribution in [0, 0.1) is 0 Å². The van der Waals surface area contributed by atoms with Gasteiger partial charge in [-0.3, -0.25) is 0 Å². The molecule has 1 N–H and O–H groups in total. The van der Waals surface area contributed by atoms with Gasteiger partial charge in [-0.15, -0.1) is 0 Å². The Hall–Kier alpha value is -2.33. The molecule has 136 valence electrons. The van der Waals surface area contributed by atoms with Gasteiger partial charge in [-0.2, -0.15) is 13.2 Å². The summed E-state index contributed by atoms with van der Waals surface area (Å²) in [6.07, 6.45) is -3.41. The highest BCUT2D eigenvalue weighted by Gasteiger charge is 2.30. The monoisotopic (exact) mass is 360 g/mol. The molecule has 3 aromatic rings. The fourth-order valence-electron chi connectivity index (χ4n) is 3.05. The summed E-state index contributed by atoms with van der Waals surface area (Å²) in [4.78, 5) is 0. The molecule has 0 spiro atoms. The van der Waals surface area contributed by atoms with E-state index < -0.39 is 24.6 Å². The van der Waals surface area contributed by atoms with Crippen molar-refractivity contribution >= 4 is 10.8 Å². The van der Waals surface area contributed by atoms with E-state index in [1.807, 2.05) is 36.4 Å². The van der Waals surface area contributed by atoms with E-state index in [-0.39, 0.29) is 0 Å². The molecule has 0 aromatic heterocycles. The van der Waals surface area contributed by atoms with Crippen LogP contribution in [-0.2, 0) is 12.6 Å². The van der Waals surface area contributed by atoms with Gasteiger partial charge in [-0.25, -0.2) is 0 Å². The maximum Gasteiger partial charge on any atom is 0.416 e. The number of halogens is 3. The van der Waals surface area contributed by atoms with Gasteiger partial charge in [0, 0.05) is 10.2 Å². The number of hydrogen-bond acceptors (Lipinski definition) is 1. The Balaban J connectivity index is 1.70. The van der Waals surface area contributed by atoms with Crippen molar-refractivity contribution in [3.8, 4) is 0 Å². The Morgan fingerprint density at radius 3 is 2.58 bits per heavy atom.